The summed E-state index contributed by atoms with van der Waals surface area (Å²) in [6.07, 6.45) is 0.278. The SMILES string of the molecule is Cc1ccccc1[C@H](NC(=O)CC(c1ccccc1)(c1ccccc1)c1ccccc1)c1ccccc1. The maximum Gasteiger partial charge on any atom is 0.222 e. The molecule has 0 aliphatic carbocycles. The van der Waals surface area contributed by atoms with Crippen molar-refractivity contribution in [1.29, 1.82) is 0 Å². The van der Waals surface area contributed by atoms with Gasteiger partial charge in [0, 0.05) is 6.42 Å². The summed E-state index contributed by atoms with van der Waals surface area (Å²) in [5.41, 5.74) is 5.96. The highest BCUT2D eigenvalue weighted by Crippen LogP contribution is 2.42. The summed E-state index contributed by atoms with van der Waals surface area (Å²) in [7, 11) is 0. The zero-order valence-electron chi connectivity index (χ0n) is 21.0. The summed E-state index contributed by atoms with van der Waals surface area (Å²) in [4.78, 5) is 14.1. The second-order valence-corrected chi connectivity index (χ2v) is 9.45. The first-order valence-corrected chi connectivity index (χ1v) is 12.7. The lowest BCUT2D eigenvalue weighted by Gasteiger charge is -2.36. The first-order valence-electron chi connectivity index (χ1n) is 12.7. The van der Waals surface area contributed by atoms with E-state index in [9.17, 15) is 4.79 Å². The Morgan fingerprint density at radius 3 is 1.46 bits per heavy atom. The first kappa shape index (κ1) is 24.3. The Hall–Kier alpha value is -4.43. The van der Waals surface area contributed by atoms with Crippen LogP contribution in [0.4, 0.5) is 0 Å². The number of carbonyl (C=O) groups excluding carboxylic acids is 1. The summed E-state index contributed by atoms with van der Waals surface area (Å²) in [5.74, 6) is -0.00587. The fourth-order valence-corrected chi connectivity index (χ4v) is 5.32. The van der Waals surface area contributed by atoms with Gasteiger partial charge in [-0.1, -0.05) is 146 Å². The van der Waals surface area contributed by atoms with Crippen molar-refractivity contribution in [2.45, 2.75) is 24.8 Å². The van der Waals surface area contributed by atoms with Gasteiger partial charge in [-0.2, -0.15) is 0 Å². The first-order chi connectivity index (χ1) is 18.2. The van der Waals surface area contributed by atoms with Crippen molar-refractivity contribution in [3.63, 3.8) is 0 Å². The van der Waals surface area contributed by atoms with Crippen molar-refractivity contribution in [2.24, 2.45) is 0 Å². The van der Waals surface area contributed by atoms with Gasteiger partial charge in [0.1, 0.15) is 0 Å². The third-order valence-corrected chi connectivity index (χ3v) is 7.16. The molecule has 5 rings (SSSR count). The fraction of sp³-hybridized carbons (Fsp3) is 0.114. The molecule has 0 saturated carbocycles. The Labute approximate surface area is 219 Å². The molecule has 182 valence electrons. The summed E-state index contributed by atoms with van der Waals surface area (Å²) in [5, 5.41) is 3.42. The number of carbonyl (C=O) groups is 1. The molecule has 1 N–H and O–H groups in total. The lowest BCUT2D eigenvalue weighted by atomic mass is 9.67. The Morgan fingerprint density at radius 2 is 1.00 bits per heavy atom. The van der Waals surface area contributed by atoms with Crippen LogP contribution in [0.1, 0.15) is 45.8 Å². The molecule has 0 bridgehead atoms. The van der Waals surface area contributed by atoms with Crippen LogP contribution >= 0.6 is 0 Å². The Kier molecular flexibility index (Phi) is 7.28. The molecule has 1 atom stereocenters. The molecule has 0 fully saturated rings. The fourth-order valence-electron chi connectivity index (χ4n) is 5.32. The Balaban J connectivity index is 1.61. The maximum atomic E-state index is 14.1. The normalized spacial score (nSPS) is 12.0. The number of rotatable bonds is 8. The molecule has 0 saturated heterocycles. The topological polar surface area (TPSA) is 29.1 Å². The van der Waals surface area contributed by atoms with Crippen LogP contribution in [0.25, 0.3) is 0 Å². The van der Waals surface area contributed by atoms with Crippen LogP contribution in [0, 0.1) is 6.92 Å². The standard InChI is InChI=1S/C35H31NO/c1-27-16-14-15-25-32(27)34(28-17-6-2-7-18-28)36-33(37)26-35(29-19-8-3-9-20-29,30-21-10-4-11-22-30)31-23-12-5-13-24-31/h2-25,34H,26H2,1H3,(H,36,37)/t34-/m1/s1. The molecule has 0 aromatic heterocycles. The molecule has 0 aliphatic rings. The van der Waals surface area contributed by atoms with E-state index in [1.54, 1.807) is 0 Å². The van der Waals surface area contributed by atoms with Crippen LogP contribution in [-0.2, 0) is 10.2 Å². The molecule has 0 heterocycles. The zero-order valence-corrected chi connectivity index (χ0v) is 21.0. The van der Waals surface area contributed by atoms with E-state index in [0.717, 1.165) is 33.4 Å². The van der Waals surface area contributed by atoms with Gasteiger partial charge in [0.05, 0.1) is 11.5 Å². The van der Waals surface area contributed by atoms with Crippen molar-refractivity contribution in [3.8, 4) is 0 Å². The summed E-state index contributed by atoms with van der Waals surface area (Å²) in [6, 6.07) is 49.4. The summed E-state index contributed by atoms with van der Waals surface area (Å²) in [6.45, 7) is 2.10. The molecule has 0 aliphatic heterocycles. The minimum Gasteiger partial charge on any atom is -0.345 e. The minimum absolute atomic E-state index is 0.00587. The maximum absolute atomic E-state index is 14.1. The largest absolute Gasteiger partial charge is 0.345 e. The third-order valence-electron chi connectivity index (χ3n) is 7.16. The molecule has 0 radical (unpaired) electrons. The van der Waals surface area contributed by atoms with Gasteiger partial charge in [-0.3, -0.25) is 4.79 Å². The van der Waals surface area contributed by atoms with Crippen molar-refractivity contribution in [3.05, 3.63) is 179 Å². The number of nitrogens with one attached hydrogen (secondary N) is 1. The predicted molar refractivity (Wildman–Crippen MR) is 151 cm³/mol. The number of aryl methyl sites for hydroxylation is 1. The van der Waals surface area contributed by atoms with Crippen molar-refractivity contribution >= 4 is 5.91 Å². The zero-order chi connectivity index (χ0) is 25.5. The van der Waals surface area contributed by atoms with E-state index in [-0.39, 0.29) is 18.4 Å². The monoisotopic (exact) mass is 481 g/mol. The average Bonchev–Trinajstić information content (AvgIpc) is 2.97. The number of benzene rings is 5. The van der Waals surface area contributed by atoms with E-state index in [1.165, 1.54) is 0 Å². The molecule has 1 amide bonds. The summed E-state index contributed by atoms with van der Waals surface area (Å²) < 4.78 is 0. The van der Waals surface area contributed by atoms with Crippen molar-refractivity contribution in [2.75, 3.05) is 0 Å². The Morgan fingerprint density at radius 1 is 0.595 bits per heavy atom. The average molecular weight is 482 g/mol. The lowest BCUT2D eigenvalue weighted by Crippen LogP contribution is -2.38. The smallest absolute Gasteiger partial charge is 0.222 e. The second kappa shape index (κ2) is 11.1. The molecule has 0 unspecified atom stereocenters. The third kappa shape index (κ3) is 5.10. The highest BCUT2D eigenvalue weighted by Gasteiger charge is 2.39. The molecule has 5 aromatic carbocycles. The van der Waals surface area contributed by atoms with Crippen LogP contribution in [0.2, 0.25) is 0 Å². The Bertz CT molecular complexity index is 1330. The van der Waals surface area contributed by atoms with Gasteiger partial charge >= 0.3 is 0 Å². The second-order valence-electron chi connectivity index (χ2n) is 9.45. The van der Waals surface area contributed by atoms with Crippen LogP contribution in [0.3, 0.4) is 0 Å². The molecule has 37 heavy (non-hydrogen) atoms. The van der Waals surface area contributed by atoms with Crippen LogP contribution in [0.5, 0.6) is 0 Å². The van der Waals surface area contributed by atoms with Gasteiger partial charge in [0.15, 0.2) is 0 Å². The molecular formula is C35H31NO. The van der Waals surface area contributed by atoms with Crippen LogP contribution in [0.15, 0.2) is 146 Å². The van der Waals surface area contributed by atoms with Crippen LogP contribution < -0.4 is 5.32 Å². The number of hydrogen-bond donors (Lipinski definition) is 1. The van der Waals surface area contributed by atoms with E-state index in [0.29, 0.717) is 0 Å². The van der Waals surface area contributed by atoms with Crippen molar-refractivity contribution < 1.29 is 4.79 Å². The molecule has 2 heteroatoms. The highest BCUT2D eigenvalue weighted by atomic mass is 16.1. The minimum atomic E-state index is -0.638. The van der Waals surface area contributed by atoms with Gasteiger partial charge in [0.25, 0.3) is 0 Å². The van der Waals surface area contributed by atoms with Gasteiger partial charge in [-0.05, 0) is 40.3 Å². The van der Waals surface area contributed by atoms with Gasteiger partial charge in [0.2, 0.25) is 5.91 Å². The van der Waals surface area contributed by atoms with Crippen molar-refractivity contribution in [1.82, 2.24) is 5.32 Å². The molecule has 5 aromatic rings. The number of amides is 1. The van der Waals surface area contributed by atoms with E-state index < -0.39 is 5.41 Å². The van der Waals surface area contributed by atoms with E-state index in [2.05, 4.69) is 72.9 Å². The van der Waals surface area contributed by atoms with E-state index in [4.69, 9.17) is 0 Å². The molecular weight excluding hydrogens is 450 g/mol. The lowest BCUT2D eigenvalue weighted by molar-refractivity contribution is -0.122. The van der Waals surface area contributed by atoms with E-state index >= 15 is 0 Å². The molecule has 2 nitrogen and oxygen atoms in total. The van der Waals surface area contributed by atoms with Gasteiger partial charge in [-0.25, -0.2) is 0 Å². The predicted octanol–water partition coefficient (Wildman–Crippen LogP) is 7.63. The van der Waals surface area contributed by atoms with Gasteiger partial charge < -0.3 is 5.32 Å². The quantitative estimate of drug-likeness (QED) is 0.227. The number of hydrogen-bond acceptors (Lipinski definition) is 1. The summed E-state index contributed by atoms with van der Waals surface area (Å²) >= 11 is 0. The van der Waals surface area contributed by atoms with Gasteiger partial charge in [-0.15, -0.1) is 0 Å². The molecule has 0 spiro atoms. The van der Waals surface area contributed by atoms with E-state index in [1.807, 2.05) is 84.9 Å². The van der Waals surface area contributed by atoms with Crippen LogP contribution in [-0.4, -0.2) is 5.91 Å². The highest BCUT2D eigenvalue weighted by molar-refractivity contribution is 5.81.